The Morgan fingerprint density at radius 3 is 2.71 bits per heavy atom. The lowest BCUT2D eigenvalue weighted by atomic mass is 10.1. The van der Waals surface area contributed by atoms with Gasteiger partial charge in [0.2, 0.25) is 0 Å². The molecule has 7 nitrogen and oxygen atoms in total. The molecule has 2 N–H and O–H groups in total. The molecule has 1 aliphatic heterocycles. The van der Waals surface area contributed by atoms with Crippen molar-refractivity contribution >= 4 is 52.2 Å². The monoisotopic (exact) mass is 367 g/mol. The van der Waals surface area contributed by atoms with Crippen molar-refractivity contribution in [2.75, 3.05) is 7.11 Å². The number of methoxy groups -OCH3 is 1. The molecule has 1 fully saturated rings. The minimum atomic E-state index is -1.54. The smallest absolute Gasteiger partial charge is 0.327 e. The molecule has 1 heterocycles. The van der Waals surface area contributed by atoms with E-state index >= 15 is 0 Å². The Kier molecular flexibility index (Phi) is 5.58. The van der Waals surface area contributed by atoms with E-state index < -0.39 is 30.3 Å². The number of thioether (sulfide) groups is 1. The second-order valence-electron chi connectivity index (χ2n) is 4.78. The van der Waals surface area contributed by atoms with Crippen molar-refractivity contribution < 1.29 is 29.3 Å². The highest BCUT2D eigenvalue weighted by Crippen LogP contribution is 2.35. The molecule has 1 aliphatic rings. The molecule has 0 radical (unpaired) electrons. The Morgan fingerprint density at radius 1 is 1.42 bits per heavy atom. The predicted molar refractivity (Wildman–Crippen MR) is 91.7 cm³/mol. The van der Waals surface area contributed by atoms with E-state index in [4.69, 9.17) is 22.1 Å². The van der Waals surface area contributed by atoms with Crippen LogP contribution in [0.4, 0.5) is 0 Å². The first-order valence-electron chi connectivity index (χ1n) is 6.69. The zero-order valence-electron chi connectivity index (χ0n) is 12.5. The molecule has 9 heteroatoms. The first-order chi connectivity index (χ1) is 11.3. The normalized spacial score (nSPS) is 17.2. The largest absolute Gasteiger partial charge is 0.497 e. The lowest BCUT2D eigenvalue weighted by Gasteiger charge is -2.21. The third-order valence-electron chi connectivity index (χ3n) is 3.18. The summed E-state index contributed by atoms with van der Waals surface area (Å²) < 4.78 is 5.12. The maximum atomic E-state index is 12.5. The molecular formula is C15H13NO6S2. The summed E-state index contributed by atoms with van der Waals surface area (Å²) in [5, 5.41) is 18.0. The quantitative estimate of drug-likeness (QED) is 0.580. The van der Waals surface area contributed by atoms with E-state index in [0.717, 1.165) is 16.7 Å². The molecule has 1 saturated heterocycles. The molecule has 24 heavy (non-hydrogen) atoms. The molecule has 1 atom stereocenters. The van der Waals surface area contributed by atoms with Crippen molar-refractivity contribution in [1.29, 1.82) is 0 Å². The Bertz CT molecular complexity index is 745. The van der Waals surface area contributed by atoms with Crippen molar-refractivity contribution in [3.05, 3.63) is 34.7 Å². The minimum Gasteiger partial charge on any atom is -0.497 e. The van der Waals surface area contributed by atoms with Crippen LogP contribution in [0.15, 0.2) is 29.2 Å². The van der Waals surface area contributed by atoms with Crippen LogP contribution in [0.2, 0.25) is 0 Å². The van der Waals surface area contributed by atoms with Crippen molar-refractivity contribution in [2.24, 2.45) is 0 Å². The maximum absolute atomic E-state index is 12.5. The van der Waals surface area contributed by atoms with Gasteiger partial charge in [0.1, 0.15) is 16.1 Å². The molecule has 0 spiro atoms. The molecule has 2 rings (SSSR count). The van der Waals surface area contributed by atoms with Gasteiger partial charge in [-0.1, -0.05) is 36.1 Å². The van der Waals surface area contributed by atoms with E-state index in [1.54, 1.807) is 30.3 Å². The fourth-order valence-corrected chi connectivity index (χ4v) is 3.44. The van der Waals surface area contributed by atoms with Gasteiger partial charge in [0.15, 0.2) is 0 Å². The van der Waals surface area contributed by atoms with Crippen LogP contribution in [-0.4, -0.2) is 50.4 Å². The highest BCUT2D eigenvalue weighted by Gasteiger charge is 2.41. The molecule has 1 aromatic carbocycles. The summed E-state index contributed by atoms with van der Waals surface area (Å²) in [6.07, 6.45) is 0.829. The molecule has 126 valence electrons. The summed E-state index contributed by atoms with van der Waals surface area (Å²) in [5.41, 5.74) is 0.681. The summed E-state index contributed by atoms with van der Waals surface area (Å²) in [7, 11) is 1.52. The number of hydrogen-bond donors (Lipinski definition) is 2. The number of hydrogen-bond acceptors (Lipinski definition) is 6. The topological polar surface area (TPSA) is 104 Å². The number of carbonyl (C=O) groups excluding carboxylic acids is 1. The lowest BCUT2D eigenvalue weighted by molar-refractivity contribution is -0.150. The van der Waals surface area contributed by atoms with E-state index in [1.165, 1.54) is 7.11 Å². The number of aliphatic carboxylic acids is 2. The number of amides is 1. The van der Waals surface area contributed by atoms with Crippen molar-refractivity contribution in [1.82, 2.24) is 4.90 Å². The lowest BCUT2D eigenvalue weighted by Crippen LogP contribution is -2.45. The molecule has 0 bridgehead atoms. The number of thiocarbonyl (C=S) groups is 1. The Hall–Kier alpha value is -2.39. The molecular weight excluding hydrogens is 354 g/mol. The van der Waals surface area contributed by atoms with Gasteiger partial charge in [0.05, 0.1) is 18.4 Å². The Labute approximate surface area is 146 Å². The highest BCUT2D eigenvalue weighted by atomic mass is 32.2. The van der Waals surface area contributed by atoms with Crippen molar-refractivity contribution in [3.8, 4) is 5.75 Å². The third kappa shape index (κ3) is 3.92. The van der Waals surface area contributed by atoms with Gasteiger partial charge in [-0.15, -0.1) is 0 Å². The third-order valence-corrected chi connectivity index (χ3v) is 4.51. The molecule has 1 aromatic rings. The summed E-state index contributed by atoms with van der Waals surface area (Å²) in [6, 6.07) is 5.41. The predicted octanol–water partition coefficient (Wildman–Crippen LogP) is 1.82. The van der Waals surface area contributed by atoms with Gasteiger partial charge >= 0.3 is 11.9 Å². The molecule has 0 saturated carbocycles. The fourth-order valence-electron chi connectivity index (χ4n) is 2.09. The van der Waals surface area contributed by atoms with E-state index in [-0.39, 0.29) is 9.23 Å². The number of carbonyl (C=O) groups is 3. The SMILES string of the molecule is COc1cccc(/C=C2\SC(=S)N(C(CC(=O)O)C(=O)O)C2=O)c1. The van der Waals surface area contributed by atoms with Crippen LogP contribution in [0, 0.1) is 0 Å². The van der Waals surface area contributed by atoms with Gasteiger partial charge < -0.3 is 14.9 Å². The van der Waals surface area contributed by atoms with Crippen LogP contribution in [-0.2, 0) is 14.4 Å². The average Bonchev–Trinajstić information content (AvgIpc) is 2.79. The maximum Gasteiger partial charge on any atom is 0.327 e. The zero-order valence-corrected chi connectivity index (χ0v) is 14.1. The van der Waals surface area contributed by atoms with Crippen LogP contribution >= 0.6 is 24.0 Å². The average molecular weight is 367 g/mol. The van der Waals surface area contributed by atoms with E-state index in [0.29, 0.717) is 11.3 Å². The standard InChI is InChI=1S/C15H13NO6S2/c1-22-9-4-2-3-8(5-9)6-11-13(19)16(15(23)24-11)10(14(20)21)7-12(17)18/h2-6,10H,7H2,1H3,(H,17,18)(H,20,21)/b11-6-. The minimum absolute atomic E-state index is 0.0165. The first kappa shape index (κ1) is 18.0. The summed E-state index contributed by atoms with van der Waals surface area (Å²) in [6.45, 7) is 0. The number of carboxylic acids is 2. The van der Waals surface area contributed by atoms with Crippen molar-refractivity contribution in [3.63, 3.8) is 0 Å². The van der Waals surface area contributed by atoms with E-state index in [2.05, 4.69) is 0 Å². The Morgan fingerprint density at radius 2 is 2.12 bits per heavy atom. The van der Waals surface area contributed by atoms with Crippen LogP contribution in [0.25, 0.3) is 6.08 Å². The second-order valence-corrected chi connectivity index (χ2v) is 6.46. The van der Waals surface area contributed by atoms with Gasteiger partial charge in [-0.25, -0.2) is 4.79 Å². The molecule has 0 aliphatic carbocycles. The fraction of sp³-hybridized carbons (Fsp3) is 0.200. The van der Waals surface area contributed by atoms with Crippen LogP contribution < -0.4 is 4.74 Å². The Balaban J connectivity index is 2.31. The van der Waals surface area contributed by atoms with Crippen molar-refractivity contribution in [2.45, 2.75) is 12.5 Å². The number of benzene rings is 1. The van der Waals surface area contributed by atoms with Gasteiger partial charge in [0.25, 0.3) is 5.91 Å². The highest BCUT2D eigenvalue weighted by molar-refractivity contribution is 8.26. The number of ether oxygens (including phenoxy) is 1. The van der Waals surface area contributed by atoms with Crippen LogP contribution in [0.5, 0.6) is 5.75 Å². The summed E-state index contributed by atoms with van der Waals surface area (Å²) in [4.78, 5) is 35.7. The summed E-state index contributed by atoms with van der Waals surface area (Å²) >= 11 is 5.99. The first-order valence-corrected chi connectivity index (χ1v) is 7.91. The van der Waals surface area contributed by atoms with Gasteiger partial charge in [0, 0.05) is 0 Å². The van der Waals surface area contributed by atoms with Gasteiger partial charge in [-0.05, 0) is 23.8 Å². The number of carboxylic acid groups (broad SMARTS) is 2. The van der Waals surface area contributed by atoms with Crippen LogP contribution in [0.3, 0.4) is 0 Å². The summed E-state index contributed by atoms with van der Waals surface area (Å²) in [5.74, 6) is -2.76. The molecule has 1 amide bonds. The molecule has 0 aromatic heterocycles. The van der Waals surface area contributed by atoms with E-state index in [9.17, 15) is 19.5 Å². The number of rotatable bonds is 6. The second kappa shape index (κ2) is 7.45. The number of nitrogens with zero attached hydrogens (tertiary/aromatic N) is 1. The zero-order chi connectivity index (χ0) is 17.9. The van der Waals surface area contributed by atoms with Gasteiger partial charge in [-0.3, -0.25) is 14.5 Å². The van der Waals surface area contributed by atoms with Gasteiger partial charge in [-0.2, -0.15) is 0 Å². The van der Waals surface area contributed by atoms with Crippen LogP contribution in [0.1, 0.15) is 12.0 Å². The van der Waals surface area contributed by atoms with E-state index in [1.807, 2.05) is 0 Å². The molecule has 1 unspecified atom stereocenters.